The minimum Gasteiger partial charge on any atom is -0.332 e. The lowest BCUT2D eigenvalue weighted by atomic mass is 9.90. The Bertz CT molecular complexity index is 867. The third-order valence-corrected chi connectivity index (χ3v) is 5.60. The van der Waals surface area contributed by atoms with Crippen LogP contribution < -0.4 is 0 Å². The van der Waals surface area contributed by atoms with Crippen molar-refractivity contribution in [2.45, 2.75) is 31.7 Å². The van der Waals surface area contributed by atoms with Crippen LogP contribution in [-0.4, -0.2) is 41.2 Å². The van der Waals surface area contributed by atoms with E-state index in [1.807, 2.05) is 17.0 Å². The van der Waals surface area contributed by atoms with Gasteiger partial charge in [0.05, 0.1) is 12.6 Å². The highest BCUT2D eigenvalue weighted by atomic mass is 19.1. The summed E-state index contributed by atoms with van der Waals surface area (Å²) in [5.74, 6) is -0.238. The van der Waals surface area contributed by atoms with E-state index in [2.05, 4.69) is 12.1 Å². The van der Waals surface area contributed by atoms with Crippen LogP contribution in [0.3, 0.4) is 0 Å². The number of halogens is 1. The van der Waals surface area contributed by atoms with Crippen molar-refractivity contribution >= 4 is 11.8 Å². The van der Waals surface area contributed by atoms with Crippen molar-refractivity contribution in [2.75, 3.05) is 19.6 Å². The fourth-order valence-corrected chi connectivity index (χ4v) is 4.15. The van der Waals surface area contributed by atoms with Crippen molar-refractivity contribution in [1.82, 2.24) is 9.80 Å². The number of rotatable bonds is 4. The summed E-state index contributed by atoms with van der Waals surface area (Å²) >= 11 is 0. The number of fused-ring (bicyclic) bond motifs is 3. The lowest BCUT2D eigenvalue weighted by Gasteiger charge is -2.44. The number of amides is 2. The van der Waals surface area contributed by atoms with Crippen molar-refractivity contribution in [1.29, 1.82) is 0 Å². The Hall–Kier alpha value is -2.69. The molecule has 0 saturated carbocycles. The summed E-state index contributed by atoms with van der Waals surface area (Å²) in [4.78, 5) is 28.8. The van der Waals surface area contributed by atoms with E-state index in [1.165, 1.54) is 11.6 Å². The molecule has 0 spiro atoms. The van der Waals surface area contributed by atoms with Gasteiger partial charge in [0, 0.05) is 19.5 Å². The van der Waals surface area contributed by atoms with Gasteiger partial charge in [0.25, 0.3) is 0 Å². The number of carbonyl (C=O) groups excluding carboxylic acids is 2. The fraction of sp³-hybridized carbons (Fsp3) is 0.364. The quantitative estimate of drug-likeness (QED) is 0.834. The first-order valence-electron chi connectivity index (χ1n) is 9.52. The Morgan fingerprint density at radius 3 is 2.74 bits per heavy atom. The summed E-state index contributed by atoms with van der Waals surface area (Å²) in [6, 6.07) is 14.8. The van der Waals surface area contributed by atoms with Gasteiger partial charge in [-0.25, -0.2) is 4.39 Å². The molecule has 1 atom stereocenters. The molecule has 1 saturated heterocycles. The van der Waals surface area contributed by atoms with Crippen LogP contribution in [0.5, 0.6) is 0 Å². The Kier molecular flexibility index (Phi) is 4.92. The number of benzene rings is 2. The Labute approximate surface area is 158 Å². The highest BCUT2D eigenvalue weighted by molar-refractivity contribution is 5.86. The molecule has 0 aliphatic carbocycles. The van der Waals surface area contributed by atoms with E-state index in [0.29, 0.717) is 31.4 Å². The zero-order chi connectivity index (χ0) is 18.8. The van der Waals surface area contributed by atoms with E-state index in [1.54, 1.807) is 23.1 Å². The van der Waals surface area contributed by atoms with Gasteiger partial charge in [0.1, 0.15) is 5.82 Å². The highest BCUT2D eigenvalue weighted by Gasteiger charge is 2.38. The normalized spacial score (nSPS) is 18.9. The molecule has 27 heavy (non-hydrogen) atoms. The SMILES string of the molecule is O=C(CCCc1ccccc1F)N1CC(=O)N2CCc3ccccc3C2C1. The van der Waals surface area contributed by atoms with Crippen molar-refractivity contribution in [3.8, 4) is 0 Å². The van der Waals surface area contributed by atoms with Crippen LogP contribution in [0.15, 0.2) is 48.5 Å². The van der Waals surface area contributed by atoms with Gasteiger partial charge in [-0.3, -0.25) is 9.59 Å². The van der Waals surface area contributed by atoms with Crippen LogP contribution in [0.4, 0.5) is 4.39 Å². The Morgan fingerprint density at radius 1 is 1.11 bits per heavy atom. The number of hydrogen-bond donors (Lipinski definition) is 0. The van der Waals surface area contributed by atoms with Crippen LogP contribution in [0.2, 0.25) is 0 Å². The maximum Gasteiger partial charge on any atom is 0.242 e. The van der Waals surface area contributed by atoms with Crippen LogP contribution in [0.25, 0.3) is 0 Å². The van der Waals surface area contributed by atoms with Crippen LogP contribution in [-0.2, 0) is 22.4 Å². The molecule has 0 bridgehead atoms. The summed E-state index contributed by atoms with van der Waals surface area (Å²) in [5.41, 5.74) is 3.05. The molecule has 2 aromatic rings. The first-order valence-corrected chi connectivity index (χ1v) is 9.52. The second-order valence-electron chi connectivity index (χ2n) is 7.27. The molecular weight excluding hydrogens is 343 g/mol. The summed E-state index contributed by atoms with van der Waals surface area (Å²) in [5, 5.41) is 0. The van der Waals surface area contributed by atoms with Gasteiger partial charge in [0.2, 0.25) is 11.8 Å². The second-order valence-corrected chi connectivity index (χ2v) is 7.27. The van der Waals surface area contributed by atoms with E-state index in [9.17, 15) is 14.0 Å². The number of nitrogens with zero attached hydrogens (tertiary/aromatic N) is 2. The smallest absolute Gasteiger partial charge is 0.242 e. The minimum absolute atomic E-state index is 0.0169. The van der Waals surface area contributed by atoms with Crippen LogP contribution in [0.1, 0.15) is 35.6 Å². The van der Waals surface area contributed by atoms with E-state index in [0.717, 1.165) is 18.5 Å². The molecule has 0 N–H and O–H groups in total. The third-order valence-electron chi connectivity index (χ3n) is 5.60. The molecule has 1 fully saturated rings. The first kappa shape index (κ1) is 17.7. The monoisotopic (exact) mass is 366 g/mol. The fourth-order valence-electron chi connectivity index (χ4n) is 4.15. The topological polar surface area (TPSA) is 40.6 Å². The molecule has 1 unspecified atom stereocenters. The summed E-state index contributed by atoms with van der Waals surface area (Å²) in [7, 11) is 0. The summed E-state index contributed by atoms with van der Waals surface area (Å²) < 4.78 is 13.7. The van der Waals surface area contributed by atoms with Gasteiger partial charge < -0.3 is 9.80 Å². The maximum absolute atomic E-state index is 13.7. The average Bonchev–Trinajstić information content (AvgIpc) is 2.69. The average molecular weight is 366 g/mol. The number of aryl methyl sites for hydroxylation is 1. The molecule has 2 aliphatic rings. The lowest BCUT2D eigenvalue weighted by molar-refractivity contribution is -0.149. The molecule has 2 aliphatic heterocycles. The zero-order valence-corrected chi connectivity index (χ0v) is 15.2. The molecule has 0 radical (unpaired) electrons. The molecule has 140 valence electrons. The molecular formula is C22H23FN2O2. The van der Waals surface area contributed by atoms with Gasteiger partial charge in [0.15, 0.2) is 0 Å². The van der Waals surface area contributed by atoms with Gasteiger partial charge in [-0.1, -0.05) is 42.5 Å². The molecule has 2 aromatic carbocycles. The molecule has 4 nitrogen and oxygen atoms in total. The van der Waals surface area contributed by atoms with E-state index in [-0.39, 0.29) is 30.2 Å². The Balaban J connectivity index is 1.40. The number of hydrogen-bond acceptors (Lipinski definition) is 2. The molecule has 2 heterocycles. The standard InChI is InChI=1S/C22H23FN2O2/c23-19-10-4-2-7-17(19)8-5-11-21(26)24-14-20-18-9-3-1-6-16(18)12-13-25(20)22(27)15-24/h1-4,6-7,9-10,20H,5,8,11-15H2. The van der Waals surface area contributed by atoms with Gasteiger partial charge in [-0.15, -0.1) is 0 Å². The highest BCUT2D eigenvalue weighted by Crippen LogP contribution is 2.33. The van der Waals surface area contributed by atoms with Gasteiger partial charge in [-0.2, -0.15) is 0 Å². The number of carbonyl (C=O) groups is 2. The van der Waals surface area contributed by atoms with Crippen molar-refractivity contribution in [3.05, 3.63) is 71.0 Å². The van der Waals surface area contributed by atoms with Crippen LogP contribution in [0, 0.1) is 5.82 Å². The van der Waals surface area contributed by atoms with Crippen molar-refractivity contribution < 1.29 is 14.0 Å². The predicted octanol–water partition coefficient (Wildman–Crippen LogP) is 3.12. The largest absolute Gasteiger partial charge is 0.332 e. The number of piperazine rings is 1. The second kappa shape index (κ2) is 7.51. The van der Waals surface area contributed by atoms with Gasteiger partial charge in [-0.05, 0) is 42.0 Å². The first-order chi connectivity index (χ1) is 13.1. The van der Waals surface area contributed by atoms with E-state index >= 15 is 0 Å². The van der Waals surface area contributed by atoms with E-state index < -0.39 is 0 Å². The van der Waals surface area contributed by atoms with Crippen molar-refractivity contribution in [3.63, 3.8) is 0 Å². The predicted molar refractivity (Wildman–Crippen MR) is 101 cm³/mol. The molecule has 0 aromatic heterocycles. The molecule has 4 rings (SSSR count). The third kappa shape index (κ3) is 3.59. The van der Waals surface area contributed by atoms with Crippen LogP contribution >= 0.6 is 0 Å². The van der Waals surface area contributed by atoms with Crippen molar-refractivity contribution in [2.24, 2.45) is 0 Å². The minimum atomic E-state index is -0.229. The van der Waals surface area contributed by atoms with Gasteiger partial charge >= 0.3 is 0 Å². The summed E-state index contributed by atoms with van der Waals surface area (Å²) in [6.45, 7) is 1.41. The lowest BCUT2D eigenvalue weighted by Crippen LogP contribution is -2.55. The molecule has 2 amide bonds. The van der Waals surface area contributed by atoms with E-state index in [4.69, 9.17) is 0 Å². The maximum atomic E-state index is 13.7. The molecule has 5 heteroatoms. The zero-order valence-electron chi connectivity index (χ0n) is 15.2. The Morgan fingerprint density at radius 2 is 1.89 bits per heavy atom. The summed E-state index contributed by atoms with van der Waals surface area (Å²) in [6.07, 6.45) is 2.30.